The molecule has 2 heterocycles. The van der Waals surface area contributed by atoms with Crippen LogP contribution in [0.2, 0.25) is 0 Å². The van der Waals surface area contributed by atoms with Crippen LogP contribution >= 0.6 is 0 Å². The Morgan fingerprint density at radius 2 is 1.79 bits per heavy atom. The molecule has 1 fully saturated rings. The van der Waals surface area contributed by atoms with Crippen LogP contribution in [0.5, 0.6) is 0 Å². The number of fused-ring (bicyclic) bond motifs is 1. The van der Waals surface area contributed by atoms with Gasteiger partial charge in [0.05, 0.1) is 0 Å². The number of hydrogen-bond donors (Lipinski definition) is 3. The number of hydrazine groups is 1. The molecular weight excluding hydrogens is 354 g/mol. The molecule has 0 atom stereocenters. The van der Waals surface area contributed by atoms with Crippen LogP contribution in [0.3, 0.4) is 0 Å². The van der Waals surface area contributed by atoms with Crippen molar-refractivity contribution < 1.29 is 4.79 Å². The predicted octanol–water partition coefficient (Wildman–Crippen LogP) is 1.72. The van der Waals surface area contributed by atoms with Gasteiger partial charge in [-0.2, -0.15) is 0 Å². The summed E-state index contributed by atoms with van der Waals surface area (Å²) in [5, 5.41) is 1.90. The maximum atomic E-state index is 12.7. The molecule has 0 spiro atoms. The van der Waals surface area contributed by atoms with E-state index in [-0.39, 0.29) is 5.91 Å². The molecule has 3 aromatic rings. The number of anilines is 3. The van der Waals surface area contributed by atoms with Crippen molar-refractivity contribution in [2.24, 2.45) is 0 Å². The third-order valence-corrected chi connectivity index (χ3v) is 4.99. The number of carbonyl (C=O) groups excluding carboxylic acids is 1. The van der Waals surface area contributed by atoms with Gasteiger partial charge in [0.15, 0.2) is 11.6 Å². The van der Waals surface area contributed by atoms with Crippen LogP contribution < -0.4 is 21.5 Å². The highest BCUT2D eigenvalue weighted by molar-refractivity contribution is 6.07. The topological polar surface area (TPSA) is 99.4 Å². The first-order valence-electron chi connectivity index (χ1n) is 9.21. The van der Waals surface area contributed by atoms with E-state index in [9.17, 15) is 4.79 Å². The minimum absolute atomic E-state index is 0.254. The molecule has 1 aliphatic heterocycles. The van der Waals surface area contributed by atoms with E-state index in [0.29, 0.717) is 22.9 Å². The lowest BCUT2D eigenvalue weighted by Crippen LogP contribution is -2.45. The molecule has 0 saturated carbocycles. The van der Waals surface area contributed by atoms with Crippen LogP contribution in [0, 0.1) is 0 Å². The Hall–Kier alpha value is -3.39. The molecule has 8 heteroatoms. The first kappa shape index (κ1) is 18.0. The normalized spacial score (nSPS) is 14.8. The fourth-order valence-corrected chi connectivity index (χ4v) is 3.36. The Morgan fingerprint density at radius 3 is 2.61 bits per heavy atom. The van der Waals surface area contributed by atoms with Crippen molar-refractivity contribution in [3.8, 4) is 0 Å². The summed E-state index contributed by atoms with van der Waals surface area (Å²) in [7, 11) is 2.09. The average molecular weight is 377 g/mol. The predicted molar refractivity (Wildman–Crippen MR) is 111 cm³/mol. The van der Waals surface area contributed by atoms with E-state index in [4.69, 9.17) is 5.73 Å². The monoisotopic (exact) mass is 377 g/mol. The van der Waals surface area contributed by atoms with E-state index in [1.807, 2.05) is 36.4 Å². The highest BCUT2D eigenvalue weighted by Gasteiger charge is 2.20. The maximum Gasteiger partial charge on any atom is 0.270 e. The molecule has 1 aromatic heterocycles. The number of rotatable bonds is 4. The van der Waals surface area contributed by atoms with Gasteiger partial charge in [-0.3, -0.25) is 15.6 Å². The van der Waals surface area contributed by atoms with Gasteiger partial charge in [-0.25, -0.2) is 9.97 Å². The summed E-state index contributed by atoms with van der Waals surface area (Å²) in [6.45, 7) is 3.59. The second-order valence-corrected chi connectivity index (χ2v) is 6.86. The lowest BCUT2D eigenvalue weighted by Gasteiger charge is -2.33. The molecule has 0 aliphatic carbocycles. The lowest BCUT2D eigenvalue weighted by molar-refractivity contribution is 0.0964. The van der Waals surface area contributed by atoms with E-state index < -0.39 is 0 Å². The highest BCUT2D eigenvalue weighted by Crippen LogP contribution is 2.26. The maximum absolute atomic E-state index is 12.7. The standard InChI is InChI=1S/C20H23N7O/c1-26-9-11-27(12-10-26)19-17(21)18(22-13-23-19)24-25-20(28)16-8-4-6-14-5-2-3-7-15(14)16/h2-8,13H,9-12,21H2,1H3,(H,25,28)(H,22,23,24). The molecule has 4 N–H and O–H groups in total. The lowest BCUT2D eigenvalue weighted by atomic mass is 10.0. The summed E-state index contributed by atoms with van der Waals surface area (Å²) in [6.07, 6.45) is 1.45. The van der Waals surface area contributed by atoms with E-state index in [1.165, 1.54) is 6.33 Å². The van der Waals surface area contributed by atoms with E-state index in [1.54, 1.807) is 6.07 Å². The summed E-state index contributed by atoms with van der Waals surface area (Å²) in [5.74, 6) is 0.818. The van der Waals surface area contributed by atoms with E-state index in [0.717, 1.165) is 37.0 Å². The van der Waals surface area contributed by atoms with Crippen molar-refractivity contribution in [1.82, 2.24) is 20.3 Å². The number of carbonyl (C=O) groups is 1. The number of hydrogen-bond acceptors (Lipinski definition) is 7. The second-order valence-electron chi connectivity index (χ2n) is 6.86. The first-order chi connectivity index (χ1) is 13.6. The van der Waals surface area contributed by atoms with Gasteiger partial charge in [-0.05, 0) is 23.9 Å². The molecule has 0 unspecified atom stereocenters. The molecule has 0 bridgehead atoms. The number of nitrogens with zero attached hydrogens (tertiary/aromatic N) is 4. The summed E-state index contributed by atoms with van der Waals surface area (Å²) in [6, 6.07) is 13.4. The number of nitrogen functional groups attached to an aromatic ring is 1. The Bertz CT molecular complexity index is 994. The van der Waals surface area contributed by atoms with Gasteiger partial charge in [0.25, 0.3) is 5.91 Å². The Labute approximate surface area is 163 Å². The van der Waals surface area contributed by atoms with Gasteiger partial charge in [0.1, 0.15) is 12.0 Å². The van der Waals surface area contributed by atoms with E-state index >= 15 is 0 Å². The van der Waals surface area contributed by atoms with Crippen molar-refractivity contribution in [2.75, 3.05) is 49.3 Å². The Balaban J connectivity index is 1.50. The summed E-state index contributed by atoms with van der Waals surface area (Å²) >= 11 is 0. The van der Waals surface area contributed by atoms with Crippen molar-refractivity contribution >= 4 is 34.0 Å². The van der Waals surface area contributed by atoms with Gasteiger partial charge in [-0.15, -0.1) is 0 Å². The van der Waals surface area contributed by atoms with Crippen LogP contribution in [-0.4, -0.2) is 54.0 Å². The van der Waals surface area contributed by atoms with Crippen molar-refractivity contribution in [3.63, 3.8) is 0 Å². The van der Waals surface area contributed by atoms with Crippen LogP contribution in [0.25, 0.3) is 10.8 Å². The molecule has 2 aromatic carbocycles. The van der Waals surface area contributed by atoms with Crippen LogP contribution in [0.15, 0.2) is 48.8 Å². The zero-order chi connectivity index (χ0) is 19.5. The van der Waals surface area contributed by atoms with Gasteiger partial charge >= 0.3 is 0 Å². The number of likely N-dealkylation sites (N-methyl/N-ethyl adjacent to an activating group) is 1. The van der Waals surface area contributed by atoms with Crippen molar-refractivity contribution in [2.45, 2.75) is 0 Å². The van der Waals surface area contributed by atoms with Gasteiger partial charge in [0.2, 0.25) is 0 Å². The number of nitrogens with two attached hydrogens (primary N) is 1. The molecular formula is C20H23N7O. The highest BCUT2D eigenvalue weighted by atomic mass is 16.2. The smallest absolute Gasteiger partial charge is 0.270 e. The average Bonchev–Trinajstić information content (AvgIpc) is 2.73. The second kappa shape index (κ2) is 7.69. The number of piperazine rings is 1. The minimum atomic E-state index is -0.254. The zero-order valence-corrected chi connectivity index (χ0v) is 15.7. The quantitative estimate of drug-likeness (QED) is 0.595. The molecule has 144 valence electrons. The van der Waals surface area contributed by atoms with Crippen molar-refractivity contribution in [3.05, 3.63) is 54.4 Å². The molecule has 8 nitrogen and oxygen atoms in total. The first-order valence-corrected chi connectivity index (χ1v) is 9.21. The molecule has 4 rings (SSSR count). The number of nitrogens with one attached hydrogen (secondary N) is 2. The van der Waals surface area contributed by atoms with Crippen molar-refractivity contribution in [1.29, 1.82) is 0 Å². The SMILES string of the molecule is CN1CCN(c2ncnc(NNC(=O)c3cccc4ccccc34)c2N)CC1. The van der Waals surface area contributed by atoms with Crippen LogP contribution in [-0.2, 0) is 0 Å². The zero-order valence-electron chi connectivity index (χ0n) is 15.7. The molecule has 1 amide bonds. The summed E-state index contributed by atoms with van der Waals surface area (Å²) in [4.78, 5) is 25.6. The number of aromatic nitrogens is 2. The third-order valence-electron chi connectivity index (χ3n) is 4.99. The molecule has 1 saturated heterocycles. The van der Waals surface area contributed by atoms with Gasteiger partial charge in [-0.1, -0.05) is 36.4 Å². The minimum Gasteiger partial charge on any atom is -0.393 e. The molecule has 0 radical (unpaired) electrons. The van der Waals surface area contributed by atoms with Gasteiger partial charge in [0, 0.05) is 31.7 Å². The third kappa shape index (κ3) is 3.54. The molecule has 28 heavy (non-hydrogen) atoms. The van der Waals surface area contributed by atoms with Crippen LogP contribution in [0.4, 0.5) is 17.3 Å². The largest absolute Gasteiger partial charge is 0.393 e. The summed E-state index contributed by atoms with van der Waals surface area (Å²) < 4.78 is 0. The number of amides is 1. The Kier molecular flexibility index (Phi) is 4.94. The van der Waals surface area contributed by atoms with Crippen LogP contribution in [0.1, 0.15) is 10.4 Å². The molecule has 1 aliphatic rings. The van der Waals surface area contributed by atoms with E-state index in [2.05, 4.69) is 37.7 Å². The summed E-state index contributed by atoms with van der Waals surface area (Å²) in [5.41, 5.74) is 12.8. The fourth-order valence-electron chi connectivity index (χ4n) is 3.36. The van der Waals surface area contributed by atoms with Gasteiger partial charge < -0.3 is 15.5 Å². The Morgan fingerprint density at radius 1 is 1.04 bits per heavy atom. The fraction of sp³-hybridized carbons (Fsp3) is 0.250. The number of benzene rings is 2.